The van der Waals surface area contributed by atoms with Crippen LogP contribution in [0.1, 0.15) is 46.9 Å². The molecule has 0 aliphatic carbocycles. The highest BCUT2D eigenvalue weighted by molar-refractivity contribution is 5.96. The van der Waals surface area contributed by atoms with E-state index in [1.54, 1.807) is 35.2 Å². The van der Waals surface area contributed by atoms with Gasteiger partial charge in [0.05, 0.1) is 11.2 Å². The second-order valence-corrected chi connectivity index (χ2v) is 7.04. The number of nitrogens with zero attached hydrogens (tertiary/aromatic N) is 1. The lowest BCUT2D eigenvalue weighted by Crippen LogP contribution is -2.49. The van der Waals surface area contributed by atoms with Crippen molar-refractivity contribution in [3.8, 4) is 11.1 Å². The summed E-state index contributed by atoms with van der Waals surface area (Å²) in [5.41, 5.74) is 6.13. The zero-order valence-corrected chi connectivity index (χ0v) is 15.2. The van der Waals surface area contributed by atoms with Crippen LogP contribution in [0.25, 0.3) is 11.1 Å². The molecule has 1 fully saturated rings. The summed E-state index contributed by atoms with van der Waals surface area (Å²) in [5.74, 6) is -1.61. The van der Waals surface area contributed by atoms with Crippen molar-refractivity contribution >= 4 is 11.8 Å². The van der Waals surface area contributed by atoms with E-state index in [0.29, 0.717) is 37.1 Å². The van der Waals surface area contributed by atoms with Crippen molar-refractivity contribution in [1.29, 1.82) is 0 Å². The molecular formula is C21H23FN2O3. The molecule has 3 N–H and O–H groups in total. The Bertz CT molecular complexity index is 866. The maximum atomic E-state index is 13.6. The molecule has 0 unspecified atom stereocenters. The third kappa shape index (κ3) is 4.01. The molecule has 3 rings (SSSR count). The molecule has 0 spiro atoms. The number of amides is 2. The zero-order valence-electron chi connectivity index (χ0n) is 15.2. The van der Waals surface area contributed by atoms with E-state index in [1.807, 2.05) is 6.92 Å². The molecule has 1 atom stereocenters. The summed E-state index contributed by atoms with van der Waals surface area (Å²) in [6.07, 6.45) is 2.10. The lowest BCUT2D eigenvalue weighted by Gasteiger charge is -2.38. The summed E-state index contributed by atoms with van der Waals surface area (Å²) in [7, 11) is 0. The fraction of sp³-hybridized carbons (Fsp3) is 0.333. The van der Waals surface area contributed by atoms with Gasteiger partial charge in [-0.25, -0.2) is 4.39 Å². The lowest BCUT2D eigenvalue weighted by atomic mass is 9.90. The van der Waals surface area contributed by atoms with Crippen molar-refractivity contribution in [3.05, 3.63) is 59.4 Å². The topological polar surface area (TPSA) is 83.6 Å². The van der Waals surface area contributed by atoms with Crippen molar-refractivity contribution < 1.29 is 19.1 Å². The predicted molar refractivity (Wildman–Crippen MR) is 101 cm³/mol. The SMILES string of the molecule is CC[C@]1(O)CCCN(C(=O)c2ccc(-c3ccc(F)c(C(N)=O)c3)cc2)C1. The highest BCUT2D eigenvalue weighted by atomic mass is 19.1. The van der Waals surface area contributed by atoms with Crippen LogP contribution >= 0.6 is 0 Å². The van der Waals surface area contributed by atoms with Crippen molar-refractivity contribution in [3.63, 3.8) is 0 Å². The highest BCUT2D eigenvalue weighted by Gasteiger charge is 2.33. The van der Waals surface area contributed by atoms with Gasteiger partial charge in [-0.15, -0.1) is 0 Å². The molecule has 0 aromatic heterocycles. The van der Waals surface area contributed by atoms with Gasteiger partial charge in [-0.2, -0.15) is 0 Å². The first-order valence-corrected chi connectivity index (χ1v) is 9.04. The van der Waals surface area contributed by atoms with Crippen LogP contribution in [0.15, 0.2) is 42.5 Å². The summed E-state index contributed by atoms with van der Waals surface area (Å²) in [4.78, 5) is 25.7. The molecular weight excluding hydrogens is 347 g/mol. The molecule has 1 heterocycles. The van der Waals surface area contributed by atoms with Gasteiger partial charge in [0, 0.05) is 18.7 Å². The summed E-state index contributed by atoms with van der Waals surface area (Å²) in [5, 5.41) is 10.5. The van der Waals surface area contributed by atoms with E-state index >= 15 is 0 Å². The monoisotopic (exact) mass is 370 g/mol. The number of rotatable bonds is 4. The molecule has 5 nitrogen and oxygen atoms in total. The number of likely N-dealkylation sites (tertiary alicyclic amines) is 1. The van der Waals surface area contributed by atoms with Crippen LogP contribution < -0.4 is 5.73 Å². The summed E-state index contributed by atoms with van der Waals surface area (Å²) in [6, 6.07) is 11.1. The second-order valence-electron chi connectivity index (χ2n) is 7.04. The average Bonchev–Trinajstić information content (AvgIpc) is 2.68. The molecule has 0 saturated carbocycles. The Balaban J connectivity index is 1.80. The van der Waals surface area contributed by atoms with Crippen LogP contribution in [0.3, 0.4) is 0 Å². The van der Waals surface area contributed by atoms with E-state index in [-0.39, 0.29) is 11.5 Å². The van der Waals surface area contributed by atoms with E-state index in [4.69, 9.17) is 5.73 Å². The Morgan fingerprint density at radius 3 is 2.48 bits per heavy atom. The number of benzene rings is 2. The number of primary amides is 1. The Kier molecular flexibility index (Phi) is 5.28. The third-order valence-corrected chi connectivity index (χ3v) is 5.20. The number of halogens is 1. The van der Waals surface area contributed by atoms with Crippen molar-refractivity contribution in [1.82, 2.24) is 4.90 Å². The average molecular weight is 370 g/mol. The minimum Gasteiger partial charge on any atom is -0.388 e. The number of hydrogen-bond donors (Lipinski definition) is 2. The van der Waals surface area contributed by atoms with E-state index in [0.717, 1.165) is 12.0 Å². The molecule has 0 radical (unpaired) electrons. The number of piperidine rings is 1. The standard InChI is InChI=1S/C21H23FN2O3/c1-2-21(27)10-3-11-24(13-21)20(26)15-6-4-14(5-7-15)16-8-9-18(22)17(12-16)19(23)25/h4-9,12,27H,2-3,10-11,13H2,1H3,(H2,23,25)/t21-/m0/s1. The summed E-state index contributed by atoms with van der Waals surface area (Å²) >= 11 is 0. The summed E-state index contributed by atoms with van der Waals surface area (Å²) < 4.78 is 13.6. The fourth-order valence-corrected chi connectivity index (χ4v) is 3.46. The Morgan fingerprint density at radius 1 is 1.19 bits per heavy atom. The van der Waals surface area contributed by atoms with Crippen LogP contribution in [0.2, 0.25) is 0 Å². The van der Waals surface area contributed by atoms with Gasteiger partial charge in [0.2, 0.25) is 0 Å². The van der Waals surface area contributed by atoms with Gasteiger partial charge in [0.15, 0.2) is 0 Å². The van der Waals surface area contributed by atoms with Gasteiger partial charge in [-0.05, 0) is 54.7 Å². The summed E-state index contributed by atoms with van der Waals surface area (Å²) in [6.45, 7) is 2.89. The Hall–Kier alpha value is -2.73. The number of carbonyl (C=O) groups is 2. The normalized spacial score (nSPS) is 19.7. The fourth-order valence-electron chi connectivity index (χ4n) is 3.46. The van der Waals surface area contributed by atoms with Gasteiger partial charge in [-0.1, -0.05) is 25.1 Å². The van der Waals surface area contributed by atoms with Crippen molar-refractivity contribution in [2.75, 3.05) is 13.1 Å². The Morgan fingerprint density at radius 2 is 1.85 bits per heavy atom. The predicted octanol–water partition coefficient (Wildman–Crippen LogP) is 2.97. The van der Waals surface area contributed by atoms with Gasteiger partial charge in [0.1, 0.15) is 5.82 Å². The zero-order chi connectivity index (χ0) is 19.6. The molecule has 2 aromatic rings. The Labute approximate surface area is 157 Å². The molecule has 2 amide bonds. The number of nitrogens with two attached hydrogens (primary N) is 1. The smallest absolute Gasteiger partial charge is 0.253 e. The maximum Gasteiger partial charge on any atom is 0.253 e. The third-order valence-electron chi connectivity index (χ3n) is 5.20. The van der Waals surface area contributed by atoms with Gasteiger partial charge >= 0.3 is 0 Å². The molecule has 27 heavy (non-hydrogen) atoms. The van der Waals surface area contributed by atoms with Crippen LogP contribution in [-0.2, 0) is 0 Å². The number of hydrogen-bond acceptors (Lipinski definition) is 3. The largest absolute Gasteiger partial charge is 0.388 e. The number of β-amino-alcohol motifs (C(OH)–C–C–N with tert-alkyl or cyclic N) is 1. The van der Waals surface area contributed by atoms with Crippen LogP contribution in [0.4, 0.5) is 4.39 Å². The first-order chi connectivity index (χ1) is 12.8. The highest BCUT2D eigenvalue weighted by Crippen LogP contribution is 2.26. The minimum atomic E-state index is -0.824. The maximum absolute atomic E-state index is 13.6. The van der Waals surface area contributed by atoms with Crippen molar-refractivity contribution in [2.24, 2.45) is 5.73 Å². The first kappa shape index (κ1) is 19.0. The number of carbonyl (C=O) groups excluding carboxylic acids is 2. The number of aliphatic hydroxyl groups is 1. The molecule has 1 aliphatic heterocycles. The molecule has 142 valence electrons. The van der Waals surface area contributed by atoms with Gasteiger partial charge in [0.25, 0.3) is 11.8 Å². The quantitative estimate of drug-likeness (QED) is 0.868. The molecule has 2 aromatic carbocycles. The first-order valence-electron chi connectivity index (χ1n) is 9.04. The lowest BCUT2D eigenvalue weighted by molar-refractivity contribution is -0.0270. The molecule has 0 bridgehead atoms. The van der Waals surface area contributed by atoms with Crippen LogP contribution in [0, 0.1) is 5.82 Å². The van der Waals surface area contributed by atoms with Gasteiger partial charge < -0.3 is 15.7 Å². The van der Waals surface area contributed by atoms with E-state index in [2.05, 4.69) is 0 Å². The molecule has 6 heteroatoms. The van der Waals surface area contributed by atoms with Crippen LogP contribution in [0.5, 0.6) is 0 Å². The molecule has 1 aliphatic rings. The minimum absolute atomic E-state index is 0.120. The van der Waals surface area contributed by atoms with E-state index in [9.17, 15) is 19.1 Å². The van der Waals surface area contributed by atoms with Crippen molar-refractivity contribution in [2.45, 2.75) is 31.8 Å². The second kappa shape index (κ2) is 7.48. The van der Waals surface area contributed by atoms with E-state index < -0.39 is 17.3 Å². The van der Waals surface area contributed by atoms with Gasteiger partial charge in [-0.3, -0.25) is 9.59 Å². The molecule has 1 saturated heterocycles. The van der Waals surface area contributed by atoms with Crippen LogP contribution in [-0.4, -0.2) is 40.5 Å². The van der Waals surface area contributed by atoms with E-state index in [1.165, 1.54) is 12.1 Å².